The first kappa shape index (κ1) is 18.6. The summed E-state index contributed by atoms with van der Waals surface area (Å²) < 4.78 is 4.99. The van der Waals surface area contributed by atoms with Crippen LogP contribution in [-0.2, 0) is 9.59 Å². The van der Waals surface area contributed by atoms with Gasteiger partial charge in [0, 0.05) is 5.02 Å². The highest BCUT2D eigenvalue weighted by Crippen LogP contribution is 2.32. The number of thioether (sulfide) groups is 1. The fourth-order valence-corrected chi connectivity index (χ4v) is 4.08. The minimum atomic E-state index is -0.407. The maximum atomic E-state index is 12.7. The van der Waals surface area contributed by atoms with E-state index in [-0.39, 0.29) is 12.5 Å². The molecule has 1 aliphatic heterocycles. The molecule has 1 aromatic heterocycles. The molecule has 0 spiro atoms. The first-order valence-corrected chi connectivity index (χ1v) is 9.63. The SMILES string of the molecule is O=C(CN1C(=O)C(=Cc2cccc(Cl)c2)SC1=S)Nc1cccc2nonc12. The quantitative estimate of drug-likeness (QED) is 0.498. The molecule has 2 amide bonds. The molecule has 0 unspecified atom stereocenters. The van der Waals surface area contributed by atoms with Gasteiger partial charge in [-0.2, -0.15) is 0 Å². The van der Waals surface area contributed by atoms with E-state index in [0.29, 0.717) is 31.0 Å². The van der Waals surface area contributed by atoms with E-state index in [1.54, 1.807) is 42.5 Å². The van der Waals surface area contributed by atoms with E-state index in [1.807, 2.05) is 6.07 Å². The minimum Gasteiger partial charge on any atom is -0.322 e. The Morgan fingerprint density at radius 1 is 1.29 bits per heavy atom. The van der Waals surface area contributed by atoms with Crippen LogP contribution < -0.4 is 5.32 Å². The van der Waals surface area contributed by atoms with Gasteiger partial charge in [-0.25, -0.2) is 4.63 Å². The number of nitrogens with one attached hydrogen (secondary N) is 1. The Labute approximate surface area is 173 Å². The standard InChI is InChI=1S/C18H11ClN4O3S2/c19-11-4-1-3-10(7-11)8-14-17(25)23(18(27)28-14)9-15(24)20-12-5-2-6-13-16(12)22-26-21-13/h1-8H,9H2,(H,20,24). The minimum absolute atomic E-state index is 0.209. The molecule has 2 aromatic carbocycles. The molecule has 28 heavy (non-hydrogen) atoms. The molecular weight excluding hydrogens is 420 g/mol. The molecule has 0 radical (unpaired) electrons. The number of anilines is 1. The molecule has 4 rings (SSSR count). The smallest absolute Gasteiger partial charge is 0.266 e. The van der Waals surface area contributed by atoms with Crippen molar-refractivity contribution in [1.82, 2.24) is 15.2 Å². The summed E-state index contributed by atoms with van der Waals surface area (Å²) in [5.74, 6) is -0.734. The second-order valence-corrected chi connectivity index (χ2v) is 7.92. The van der Waals surface area contributed by atoms with Crippen LogP contribution in [-0.4, -0.2) is 37.9 Å². The molecule has 7 nitrogen and oxygen atoms in total. The third kappa shape index (κ3) is 3.77. The molecule has 1 fully saturated rings. The first-order valence-electron chi connectivity index (χ1n) is 8.03. The fraction of sp³-hybridized carbons (Fsp3) is 0.0556. The molecule has 10 heteroatoms. The number of fused-ring (bicyclic) bond motifs is 1. The predicted octanol–water partition coefficient (Wildman–Crippen LogP) is 3.72. The van der Waals surface area contributed by atoms with Crippen molar-refractivity contribution in [2.45, 2.75) is 0 Å². The van der Waals surface area contributed by atoms with Crippen LogP contribution in [0.5, 0.6) is 0 Å². The molecule has 0 bridgehead atoms. The van der Waals surface area contributed by atoms with Crippen LogP contribution in [0.1, 0.15) is 5.56 Å². The monoisotopic (exact) mass is 430 g/mol. The van der Waals surface area contributed by atoms with E-state index in [0.717, 1.165) is 17.3 Å². The molecule has 1 aliphatic rings. The van der Waals surface area contributed by atoms with Crippen LogP contribution in [0.3, 0.4) is 0 Å². The Balaban J connectivity index is 1.48. The molecule has 140 valence electrons. The van der Waals surface area contributed by atoms with Crippen molar-refractivity contribution in [2.24, 2.45) is 0 Å². The Morgan fingerprint density at radius 3 is 2.93 bits per heavy atom. The Morgan fingerprint density at radius 2 is 2.11 bits per heavy atom. The van der Waals surface area contributed by atoms with Crippen LogP contribution in [0.2, 0.25) is 5.02 Å². The summed E-state index contributed by atoms with van der Waals surface area (Å²) in [4.78, 5) is 26.8. The maximum absolute atomic E-state index is 12.7. The average Bonchev–Trinajstić information content (AvgIpc) is 3.23. The number of amides is 2. The summed E-state index contributed by atoms with van der Waals surface area (Å²) in [6.45, 7) is -0.209. The second kappa shape index (κ2) is 7.70. The van der Waals surface area contributed by atoms with E-state index in [4.69, 9.17) is 23.8 Å². The van der Waals surface area contributed by atoms with Crippen molar-refractivity contribution in [3.63, 3.8) is 0 Å². The van der Waals surface area contributed by atoms with Gasteiger partial charge in [-0.05, 0) is 46.2 Å². The average molecular weight is 431 g/mol. The Kier molecular flexibility index (Phi) is 5.12. The van der Waals surface area contributed by atoms with Crippen molar-refractivity contribution in [2.75, 3.05) is 11.9 Å². The molecule has 1 N–H and O–H groups in total. The number of carbonyl (C=O) groups excluding carboxylic acids is 2. The lowest BCUT2D eigenvalue weighted by atomic mass is 10.2. The largest absolute Gasteiger partial charge is 0.322 e. The van der Waals surface area contributed by atoms with Crippen LogP contribution in [0, 0.1) is 0 Å². The molecule has 0 atom stereocenters. The van der Waals surface area contributed by atoms with Crippen molar-refractivity contribution in [3.05, 3.63) is 58.0 Å². The number of aromatic nitrogens is 2. The van der Waals surface area contributed by atoms with Gasteiger partial charge in [0.1, 0.15) is 16.4 Å². The van der Waals surface area contributed by atoms with Crippen molar-refractivity contribution in [1.29, 1.82) is 0 Å². The van der Waals surface area contributed by atoms with Gasteiger partial charge in [0.25, 0.3) is 5.91 Å². The van der Waals surface area contributed by atoms with Gasteiger partial charge < -0.3 is 5.32 Å². The molecule has 2 heterocycles. The van der Waals surface area contributed by atoms with Gasteiger partial charge >= 0.3 is 0 Å². The maximum Gasteiger partial charge on any atom is 0.266 e. The molecular formula is C18H11ClN4O3S2. The van der Waals surface area contributed by atoms with E-state index in [2.05, 4.69) is 20.3 Å². The van der Waals surface area contributed by atoms with Gasteiger partial charge in [0.15, 0.2) is 5.52 Å². The fourth-order valence-electron chi connectivity index (χ4n) is 2.62. The predicted molar refractivity (Wildman–Crippen MR) is 112 cm³/mol. The molecule has 0 saturated carbocycles. The third-order valence-corrected chi connectivity index (χ3v) is 5.49. The number of carbonyl (C=O) groups is 2. The van der Waals surface area contributed by atoms with E-state index >= 15 is 0 Å². The van der Waals surface area contributed by atoms with Crippen LogP contribution in [0.25, 0.3) is 17.1 Å². The van der Waals surface area contributed by atoms with Crippen LogP contribution in [0.15, 0.2) is 52.0 Å². The number of nitrogens with zero attached hydrogens (tertiary/aromatic N) is 3. The van der Waals surface area contributed by atoms with Gasteiger partial charge in [-0.1, -0.05) is 53.8 Å². The topological polar surface area (TPSA) is 88.3 Å². The highest BCUT2D eigenvalue weighted by atomic mass is 35.5. The normalized spacial score (nSPS) is 15.6. The number of benzene rings is 2. The molecule has 1 saturated heterocycles. The number of hydrogen-bond acceptors (Lipinski definition) is 7. The number of thiocarbonyl (C=S) groups is 1. The second-order valence-electron chi connectivity index (χ2n) is 5.81. The van der Waals surface area contributed by atoms with Crippen molar-refractivity contribution >= 4 is 74.5 Å². The summed E-state index contributed by atoms with van der Waals surface area (Å²) >= 11 is 12.4. The number of hydrogen-bond donors (Lipinski definition) is 1. The van der Waals surface area contributed by atoms with Gasteiger partial charge in [0.05, 0.1) is 10.6 Å². The lowest BCUT2D eigenvalue weighted by Crippen LogP contribution is -2.36. The Hall–Kier alpha value is -2.75. The van der Waals surface area contributed by atoms with E-state index < -0.39 is 5.91 Å². The third-order valence-electron chi connectivity index (χ3n) is 3.88. The van der Waals surface area contributed by atoms with Gasteiger partial charge in [-0.3, -0.25) is 14.5 Å². The lowest BCUT2D eigenvalue weighted by Gasteiger charge is -2.14. The van der Waals surface area contributed by atoms with E-state index in [1.165, 1.54) is 4.90 Å². The molecule has 3 aromatic rings. The van der Waals surface area contributed by atoms with Gasteiger partial charge in [0.2, 0.25) is 5.91 Å². The Bertz CT molecular complexity index is 1140. The van der Waals surface area contributed by atoms with Crippen LogP contribution >= 0.6 is 35.6 Å². The number of halogens is 1. The van der Waals surface area contributed by atoms with Crippen molar-refractivity contribution in [3.8, 4) is 0 Å². The number of rotatable bonds is 4. The summed E-state index contributed by atoms with van der Waals surface area (Å²) in [5, 5.41) is 10.8. The zero-order valence-corrected chi connectivity index (χ0v) is 16.5. The zero-order valence-electron chi connectivity index (χ0n) is 14.1. The van der Waals surface area contributed by atoms with Crippen LogP contribution in [0.4, 0.5) is 5.69 Å². The van der Waals surface area contributed by atoms with Gasteiger partial charge in [-0.15, -0.1) is 0 Å². The zero-order chi connectivity index (χ0) is 19.7. The van der Waals surface area contributed by atoms with Crippen molar-refractivity contribution < 1.29 is 14.2 Å². The summed E-state index contributed by atoms with van der Waals surface area (Å²) in [5.41, 5.74) is 2.18. The lowest BCUT2D eigenvalue weighted by molar-refractivity contribution is -0.126. The summed E-state index contributed by atoms with van der Waals surface area (Å²) in [6.07, 6.45) is 1.70. The summed E-state index contributed by atoms with van der Waals surface area (Å²) in [6, 6.07) is 12.2. The first-order chi connectivity index (χ1) is 13.5. The highest BCUT2D eigenvalue weighted by Gasteiger charge is 2.33. The summed E-state index contributed by atoms with van der Waals surface area (Å²) in [7, 11) is 0. The highest BCUT2D eigenvalue weighted by molar-refractivity contribution is 8.26. The van der Waals surface area contributed by atoms with E-state index in [9.17, 15) is 9.59 Å². The molecule has 0 aliphatic carbocycles.